The van der Waals surface area contributed by atoms with Gasteiger partial charge in [-0.1, -0.05) is 12.1 Å². The summed E-state index contributed by atoms with van der Waals surface area (Å²) in [6.45, 7) is 1.04. The minimum absolute atomic E-state index is 0.0458. The van der Waals surface area contributed by atoms with Crippen molar-refractivity contribution < 1.29 is 22.3 Å². The van der Waals surface area contributed by atoms with Crippen molar-refractivity contribution in [2.45, 2.75) is 30.6 Å². The van der Waals surface area contributed by atoms with Crippen LogP contribution < -0.4 is 10.1 Å². The highest BCUT2D eigenvalue weighted by atomic mass is 32.2. The first-order valence-electron chi connectivity index (χ1n) is 10.1. The number of halogens is 1. The number of nitrogens with one attached hydrogen (secondary N) is 1. The molecule has 2 aromatic carbocycles. The number of benzene rings is 2. The summed E-state index contributed by atoms with van der Waals surface area (Å²) in [6, 6.07) is 12.6. The van der Waals surface area contributed by atoms with Gasteiger partial charge in [-0.25, -0.2) is 12.8 Å². The van der Waals surface area contributed by atoms with Crippen LogP contribution in [0.25, 0.3) is 0 Å². The molecule has 1 amide bonds. The lowest BCUT2D eigenvalue weighted by Crippen LogP contribution is -2.45. The first-order valence-corrected chi connectivity index (χ1v) is 11.5. The molecule has 1 aliphatic rings. The maximum atomic E-state index is 13.1. The van der Waals surface area contributed by atoms with Gasteiger partial charge in [0.15, 0.2) is 0 Å². The molecule has 0 aromatic heterocycles. The van der Waals surface area contributed by atoms with E-state index in [9.17, 15) is 17.6 Å². The Balaban J connectivity index is 1.49. The Morgan fingerprint density at radius 3 is 2.53 bits per heavy atom. The molecule has 0 saturated carbocycles. The van der Waals surface area contributed by atoms with Gasteiger partial charge in [0.05, 0.1) is 17.9 Å². The lowest BCUT2D eigenvalue weighted by Gasteiger charge is -2.31. The van der Waals surface area contributed by atoms with Crippen LogP contribution in [0.2, 0.25) is 0 Å². The van der Waals surface area contributed by atoms with Gasteiger partial charge in [0.1, 0.15) is 11.6 Å². The van der Waals surface area contributed by atoms with E-state index in [-0.39, 0.29) is 23.3 Å². The highest BCUT2D eigenvalue weighted by Crippen LogP contribution is 2.24. The van der Waals surface area contributed by atoms with Gasteiger partial charge in [0.25, 0.3) is 0 Å². The van der Waals surface area contributed by atoms with Crippen LogP contribution in [0.5, 0.6) is 5.75 Å². The fraction of sp³-hybridized carbons (Fsp3) is 0.409. The zero-order valence-corrected chi connectivity index (χ0v) is 17.8. The number of hydrogen-bond donors (Lipinski definition) is 1. The van der Waals surface area contributed by atoms with Crippen molar-refractivity contribution in [3.8, 4) is 5.75 Å². The average Bonchev–Trinajstić information content (AvgIpc) is 2.77. The lowest BCUT2D eigenvalue weighted by molar-refractivity contribution is -0.126. The summed E-state index contributed by atoms with van der Waals surface area (Å²) in [5.41, 5.74) is 1.17. The summed E-state index contributed by atoms with van der Waals surface area (Å²) in [5, 5.41) is 2.93. The van der Waals surface area contributed by atoms with E-state index in [4.69, 9.17) is 4.74 Å². The Morgan fingerprint density at radius 1 is 1.17 bits per heavy atom. The molecule has 1 fully saturated rings. The van der Waals surface area contributed by atoms with Crippen molar-refractivity contribution in [1.29, 1.82) is 0 Å². The number of nitrogens with zero attached hydrogens (tertiary/aromatic N) is 1. The van der Waals surface area contributed by atoms with Gasteiger partial charge in [0, 0.05) is 19.6 Å². The smallest absolute Gasteiger partial charge is 0.243 e. The predicted molar refractivity (Wildman–Crippen MR) is 112 cm³/mol. The predicted octanol–water partition coefficient (Wildman–Crippen LogP) is 2.98. The number of ether oxygens (including phenoxy) is 1. The molecule has 0 spiro atoms. The number of carbonyl (C=O) groups is 1. The zero-order valence-electron chi connectivity index (χ0n) is 17.0. The van der Waals surface area contributed by atoms with Crippen molar-refractivity contribution in [3.05, 3.63) is 59.9 Å². The first kappa shape index (κ1) is 22.2. The Morgan fingerprint density at radius 2 is 1.87 bits per heavy atom. The molecular formula is C22H27FN2O4S. The Bertz CT molecular complexity index is 946. The minimum Gasteiger partial charge on any atom is -0.497 e. The molecule has 6 nitrogen and oxygen atoms in total. The summed E-state index contributed by atoms with van der Waals surface area (Å²) >= 11 is 0. The summed E-state index contributed by atoms with van der Waals surface area (Å²) < 4.78 is 45.2. The van der Waals surface area contributed by atoms with E-state index in [0.717, 1.165) is 30.7 Å². The van der Waals surface area contributed by atoms with E-state index in [1.807, 2.05) is 24.3 Å². The van der Waals surface area contributed by atoms with Gasteiger partial charge in [-0.05, 0) is 67.6 Å². The molecule has 30 heavy (non-hydrogen) atoms. The van der Waals surface area contributed by atoms with Crippen LogP contribution in [0, 0.1) is 11.7 Å². The molecule has 0 bridgehead atoms. The molecule has 1 saturated heterocycles. The fourth-order valence-electron chi connectivity index (χ4n) is 3.57. The minimum atomic E-state index is -3.74. The number of amides is 1. The Hall–Kier alpha value is -2.45. The molecular weight excluding hydrogens is 407 g/mol. The molecule has 162 valence electrons. The van der Waals surface area contributed by atoms with Crippen LogP contribution in [0.15, 0.2) is 53.4 Å². The van der Waals surface area contributed by atoms with Crippen LogP contribution >= 0.6 is 0 Å². The largest absolute Gasteiger partial charge is 0.497 e. The maximum absolute atomic E-state index is 13.1. The number of piperidine rings is 1. The van der Waals surface area contributed by atoms with Crippen LogP contribution in [0.4, 0.5) is 4.39 Å². The monoisotopic (exact) mass is 434 g/mol. The normalized spacial score (nSPS) is 17.5. The standard InChI is InChI=1S/C22H27FN2O4S/c1-29-20-10-6-17(7-11-20)4-2-14-24-22(26)18-5-3-15-25(16-18)30(27,28)21-12-8-19(23)9-13-21/h6-13,18H,2-5,14-16H2,1H3,(H,24,26). The average molecular weight is 435 g/mol. The van der Waals surface area contributed by atoms with Crippen molar-refractivity contribution in [2.24, 2.45) is 5.92 Å². The van der Waals surface area contributed by atoms with E-state index in [1.165, 1.54) is 22.0 Å². The molecule has 8 heteroatoms. The molecule has 3 rings (SSSR count). The number of methoxy groups -OCH3 is 1. The van der Waals surface area contributed by atoms with E-state index in [1.54, 1.807) is 7.11 Å². The third-order valence-corrected chi connectivity index (χ3v) is 7.19. The van der Waals surface area contributed by atoms with Crippen LogP contribution in [0.3, 0.4) is 0 Å². The molecule has 1 unspecified atom stereocenters. The topological polar surface area (TPSA) is 75.7 Å². The van der Waals surface area contributed by atoms with Crippen molar-refractivity contribution in [1.82, 2.24) is 9.62 Å². The quantitative estimate of drug-likeness (QED) is 0.648. The van der Waals surface area contributed by atoms with Crippen LogP contribution in [-0.2, 0) is 21.2 Å². The third-order valence-electron chi connectivity index (χ3n) is 5.31. The zero-order chi connectivity index (χ0) is 21.6. The summed E-state index contributed by atoms with van der Waals surface area (Å²) in [6.07, 6.45) is 2.90. The highest BCUT2D eigenvalue weighted by Gasteiger charge is 2.33. The molecule has 2 aromatic rings. The third kappa shape index (κ3) is 5.58. The van der Waals surface area contributed by atoms with E-state index in [0.29, 0.717) is 25.9 Å². The summed E-state index contributed by atoms with van der Waals surface area (Å²) in [4.78, 5) is 12.6. The number of carbonyl (C=O) groups excluding carboxylic acids is 1. The van der Waals surface area contributed by atoms with Crippen molar-refractivity contribution >= 4 is 15.9 Å². The highest BCUT2D eigenvalue weighted by molar-refractivity contribution is 7.89. The Kier molecular flexibility index (Phi) is 7.44. The molecule has 1 atom stereocenters. The summed E-state index contributed by atoms with van der Waals surface area (Å²) in [7, 11) is -2.11. The molecule has 0 aliphatic carbocycles. The fourth-order valence-corrected chi connectivity index (χ4v) is 5.09. The second-order valence-electron chi connectivity index (χ2n) is 7.40. The van der Waals surface area contributed by atoms with E-state index >= 15 is 0 Å². The van der Waals surface area contributed by atoms with Gasteiger partial charge in [-0.3, -0.25) is 4.79 Å². The first-order chi connectivity index (χ1) is 14.4. The molecule has 0 radical (unpaired) electrons. The maximum Gasteiger partial charge on any atom is 0.243 e. The van der Waals surface area contributed by atoms with Gasteiger partial charge < -0.3 is 10.1 Å². The van der Waals surface area contributed by atoms with Crippen molar-refractivity contribution in [2.75, 3.05) is 26.7 Å². The number of hydrogen-bond acceptors (Lipinski definition) is 4. The molecule has 1 N–H and O–H groups in total. The second-order valence-corrected chi connectivity index (χ2v) is 9.34. The van der Waals surface area contributed by atoms with Crippen molar-refractivity contribution in [3.63, 3.8) is 0 Å². The second kappa shape index (κ2) is 10.0. The van der Waals surface area contributed by atoms with Gasteiger partial charge in [-0.2, -0.15) is 4.31 Å². The number of rotatable bonds is 8. The van der Waals surface area contributed by atoms with E-state index in [2.05, 4.69) is 5.32 Å². The van der Waals surface area contributed by atoms with Gasteiger partial charge in [0.2, 0.25) is 15.9 Å². The number of aryl methyl sites for hydroxylation is 1. The SMILES string of the molecule is COc1ccc(CCCNC(=O)C2CCCN(S(=O)(=O)c3ccc(F)cc3)C2)cc1. The van der Waals surface area contributed by atoms with Crippen LogP contribution in [0.1, 0.15) is 24.8 Å². The van der Waals surface area contributed by atoms with Gasteiger partial charge >= 0.3 is 0 Å². The molecule has 1 aliphatic heterocycles. The summed E-state index contributed by atoms with van der Waals surface area (Å²) in [5.74, 6) is -0.178. The molecule has 1 heterocycles. The lowest BCUT2D eigenvalue weighted by atomic mass is 9.99. The van der Waals surface area contributed by atoms with Crippen LogP contribution in [-0.4, -0.2) is 45.4 Å². The van der Waals surface area contributed by atoms with E-state index < -0.39 is 15.8 Å². The Labute approximate surface area is 177 Å². The number of sulfonamides is 1. The van der Waals surface area contributed by atoms with Gasteiger partial charge in [-0.15, -0.1) is 0 Å².